The van der Waals surface area contributed by atoms with Gasteiger partial charge >= 0.3 is 6.18 Å². The van der Waals surface area contributed by atoms with Crippen LogP contribution in [0.1, 0.15) is 41.0 Å². The highest BCUT2D eigenvalue weighted by Gasteiger charge is 2.34. The first-order chi connectivity index (χ1) is 15.8. The van der Waals surface area contributed by atoms with Gasteiger partial charge in [-0.15, -0.1) is 0 Å². The number of hydrogen-bond donors (Lipinski definition) is 1. The number of hydrogen-bond acceptors (Lipinski definition) is 4. The lowest BCUT2D eigenvalue weighted by Crippen LogP contribution is -2.23. The fourth-order valence-corrected chi connectivity index (χ4v) is 3.88. The lowest BCUT2D eigenvalue weighted by Gasteiger charge is -2.20. The van der Waals surface area contributed by atoms with E-state index < -0.39 is 24.2 Å². The van der Waals surface area contributed by atoms with Crippen molar-refractivity contribution in [2.24, 2.45) is 0 Å². The van der Waals surface area contributed by atoms with Crippen molar-refractivity contribution in [1.82, 2.24) is 4.98 Å². The number of fused-ring (bicyclic) bond motifs is 1. The van der Waals surface area contributed by atoms with Gasteiger partial charge in [0.15, 0.2) is 6.61 Å². The van der Waals surface area contributed by atoms with Crippen LogP contribution in [0.2, 0.25) is 0 Å². The van der Waals surface area contributed by atoms with Crippen LogP contribution in [0.25, 0.3) is 11.3 Å². The third kappa shape index (κ3) is 4.75. The van der Waals surface area contributed by atoms with Crippen LogP contribution in [0.4, 0.5) is 23.2 Å². The molecule has 1 aliphatic heterocycles. The molecule has 0 radical (unpaired) electrons. The zero-order valence-corrected chi connectivity index (χ0v) is 18.7. The zero-order chi connectivity index (χ0) is 24.8. The Morgan fingerprint density at radius 3 is 2.35 bits per heavy atom. The van der Waals surface area contributed by atoms with E-state index >= 15 is 0 Å². The molecular formula is C25H22F4N2O3. The average Bonchev–Trinajstić information content (AvgIpc) is 3.07. The first kappa shape index (κ1) is 23.7. The highest BCUT2D eigenvalue weighted by molar-refractivity contribution is 6.11. The summed E-state index contributed by atoms with van der Waals surface area (Å²) in [7, 11) is 0. The molecule has 1 aliphatic rings. The van der Waals surface area contributed by atoms with E-state index in [-0.39, 0.29) is 29.5 Å². The summed E-state index contributed by atoms with van der Waals surface area (Å²) in [6, 6.07) is 11.8. The highest BCUT2D eigenvalue weighted by Crippen LogP contribution is 2.39. The molecule has 5 nitrogen and oxygen atoms in total. The van der Waals surface area contributed by atoms with Crippen molar-refractivity contribution in [3.8, 4) is 17.0 Å². The van der Waals surface area contributed by atoms with Gasteiger partial charge < -0.3 is 14.7 Å². The summed E-state index contributed by atoms with van der Waals surface area (Å²) in [6.45, 7) is 3.50. The van der Waals surface area contributed by atoms with Crippen molar-refractivity contribution < 1.29 is 32.2 Å². The summed E-state index contributed by atoms with van der Waals surface area (Å²) in [4.78, 5) is 19.2. The summed E-state index contributed by atoms with van der Waals surface area (Å²) in [5, 5.41) is 10.2. The molecule has 1 aromatic heterocycles. The van der Waals surface area contributed by atoms with Crippen LogP contribution in [0.5, 0.6) is 5.75 Å². The Labute approximate surface area is 193 Å². The SMILES string of the molecule is Cc1cc2c(c(-c3ccc(F)cc3OCC(F)(F)F)n1)CN(c1ccc(C(C)(C)O)cc1)C2=O. The first-order valence-corrected chi connectivity index (χ1v) is 10.5. The van der Waals surface area contributed by atoms with Gasteiger partial charge in [0.05, 0.1) is 17.8 Å². The monoisotopic (exact) mass is 474 g/mol. The fourth-order valence-electron chi connectivity index (χ4n) is 3.88. The van der Waals surface area contributed by atoms with Crippen molar-refractivity contribution in [2.75, 3.05) is 11.5 Å². The quantitative estimate of drug-likeness (QED) is 0.495. The van der Waals surface area contributed by atoms with E-state index in [1.165, 1.54) is 11.0 Å². The number of aromatic nitrogens is 1. The molecule has 2 heterocycles. The van der Waals surface area contributed by atoms with Crippen LogP contribution in [0.15, 0.2) is 48.5 Å². The largest absolute Gasteiger partial charge is 0.483 e. The molecule has 1 amide bonds. The second-order valence-corrected chi connectivity index (χ2v) is 8.68. The number of aliphatic hydroxyl groups is 1. The number of anilines is 1. The number of benzene rings is 2. The fraction of sp³-hybridized carbons (Fsp3) is 0.280. The zero-order valence-electron chi connectivity index (χ0n) is 18.7. The highest BCUT2D eigenvalue weighted by atomic mass is 19.4. The van der Waals surface area contributed by atoms with E-state index in [9.17, 15) is 27.5 Å². The second kappa shape index (κ2) is 8.39. The van der Waals surface area contributed by atoms with E-state index in [4.69, 9.17) is 4.74 Å². The molecule has 0 unspecified atom stereocenters. The Morgan fingerprint density at radius 1 is 1.06 bits per heavy atom. The Kier molecular flexibility index (Phi) is 5.85. The van der Waals surface area contributed by atoms with Gasteiger partial charge in [-0.3, -0.25) is 9.78 Å². The number of aryl methyl sites for hydroxylation is 1. The number of rotatable bonds is 5. The van der Waals surface area contributed by atoms with E-state index in [1.54, 1.807) is 51.1 Å². The van der Waals surface area contributed by atoms with Crippen molar-refractivity contribution in [1.29, 1.82) is 0 Å². The Hall–Kier alpha value is -3.46. The van der Waals surface area contributed by atoms with Gasteiger partial charge in [0.25, 0.3) is 5.91 Å². The van der Waals surface area contributed by atoms with Crippen LogP contribution in [-0.2, 0) is 12.1 Å². The van der Waals surface area contributed by atoms with Crippen LogP contribution >= 0.6 is 0 Å². The maximum Gasteiger partial charge on any atom is 0.422 e. The number of alkyl halides is 3. The number of carbonyl (C=O) groups excluding carboxylic acids is 1. The number of halogens is 4. The molecular weight excluding hydrogens is 452 g/mol. The van der Waals surface area contributed by atoms with Gasteiger partial charge in [-0.25, -0.2) is 4.39 Å². The third-order valence-electron chi connectivity index (χ3n) is 5.52. The standard InChI is InChI=1S/C25H22F4N2O3/c1-14-10-19-20(12-31(23(19)32)17-7-4-15(5-8-17)24(2,3)33)22(30-14)18-9-6-16(26)11-21(18)34-13-25(27,28)29/h4-11,33H,12-13H2,1-3H3. The molecule has 34 heavy (non-hydrogen) atoms. The molecule has 2 aromatic carbocycles. The predicted octanol–water partition coefficient (Wildman–Crippen LogP) is 5.53. The van der Waals surface area contributed by atoms with Gasteiger partial charge in [-0.05, 0) is 56.7 Å². The van der Waals surface area contributed by atoms with Crippen LogP contribution < -0.4 is 9.64 Å². The van der Waals surface area contributed by atoms with Crippen molar-refractivity contribution in [3.05, 3.63) is 76.7 Å². The molecule has 0 spiro atoms. The molecule has 3 aromatic rings. The molecule has 178 valence electrons. The van der Waals surface area contributed by atoms with Gasteiger partial charge in [-0.1, -0.05) is 12.1 Å². The Balaban J connectivity index is 1.75. The second-order valence-electron chi connectivity index (χ2n) is 8.68. The lowest BCUT2D eigenvalue weighted by atomic mass is 9.98. The van der Waals surface area contributed by atoms with Crippen LogP contribution in [0.3, 0.4) is 0 Å². The molecule has 0 fully saturated rings. The number of amides is 1. The van der Waals surface area contributed by atoms with Crippen LogP contribution in [0, 0.1) is 12.7 Å². The minimum absolute atomic E-state index is 0.120. The van der Waals surface area contributed by atoms with E-state index in [0.29, 0.717) is 28.1 Å². The van der Waals surface area contributed by atoms with E-state index in [2.05, 4.69) is 4.98 Å². The van der Waals surface area contributed by atoms with E-state index in [1.807, 2.05) is 0 Å². The first-order valence-electron chi connectivity index (χ1n) is 10.5. The average molecular weight is 474 g/mol. The number of nitrogens with zero attached hydrogens (tertiary/aromatic N) is 2. The normalized spacial score (nSPS) is 13.9. The summed E-state index contributed by atoms with van der Waals surface area (Å²) in [5.41, 5.74) is 1.99. The summed E-state index contributed by atoms with van der Waals surface area (Å²) in [5.74, 6) is -1.36. The molecule has 0 aliphatic carbocycles. The maximum atomic E-state index is 13.8. The number of ether oxygens (including phenoxy) is 1. The number of carbonyl (C=O) groups is 1. The molecule has 9 heteroatoms. The molecule has 0 saturated carbocycles. The molecule has 4 rings (SSSR count). The molecule has 1 N–H and O–H groups in total. The summed E-state index contributed by atoms with van der Waals surface area (Å²) in [6.07, 6.45) is -4.60. The van der Waals surface area contributed by atoms with Crippen molar-refractivity contribution >= 4 is 11.6 Å². The molecule has 0 saturated heterocycles. The smallest absolute Gasteiger partial charge is 0.422 e. The number of pyridine rings is 1. The predicted molar refractivity (Wildman–Crippen MR) is 118 cm³/mol. The molecule has 0 bridgehead atoms. The van der Waals surface area contributed by atoms with Gasteiger partial charge in [0.2, 0.25) is 0 Å². The van der Waals surface area contributed by atoms with Crippen molar-refractivity contribution in [3.63, 3.8) is 0 Å². The summed E-state index contributed by atoms with van der Waals surface area (Å²) >= 11 is 0. The van der Waals surface area contributed by atoms with E-state index in [0.717, 1.165) is 12.1 Å². The minimum atomic E-state index is -4.60. The van der Waals surface area contributed by atoms with Crippen LogP contribution in [-0.4, -0.2) is 28.8 Å². The molecule has 0 atom stereocenters. The third-order valence-corrected chi connectivity index (χ3v) is 5.52. The lowest BCUT2D eigenvalue weighted by molar-refractivity contribution is -0.153. The Morgan fingerprint density at radius 2 is 1.74 bits per heavy atom. The van der Waals surface area contributed by atoms with Crippen molar-refractivity contribution in [2.45, 2.75) is 39.1 Å². The van der Waals surface area contributed by atoms with Gasteiger partial charge in [0.1, 0.15) is 11.6 Å². The van der Waals surface area contributed by atoms with Gasteiger partial charge in [-0.2, -0.15) is 13.2 Å². The topological polar surface area (TPSA) is 62.7 Å². The van der Waals surface area contributed by atoms with Gasteiger partial charge in [0, 0.05) is 34.1 Å². The summed E-state index contributed by atoms with van der Waals surface area (Å²) < 4.78 is 57.0. The minimum Gasteiger partial charge on any atom is -0.483 e. The Bertz CT molecular complexity index is 1250. The maximum absolute atomic E-state index is 13.8.